The van der Waals surface area contributed by atoms with Crippen molar-refractivity contribution in [2.75, 3.05) is 13.1 Å². The molecule has 9 heteroatoms. The number of nitrogens with one attached hydrogen (secondary N) is 1. The molecule has 1 aromatic heterocycles. The number of hydrogen-bond donors (Lipinski definition) is 1. The Morgan fingerprint density at radius 1 is 1.19 bits per heavy atom. The molecule has 3 rings (SSSR count). The van der Waals surface area contributed by atoms with E-state index in [9.17, 15) is 18.0 Å². The summed E-state index contributed by atoms with van der Waals surface area (Å²) in [5.41, 5.74) is 0.124. The number of oxazole rings is 1. The predicted molar refractivity (Wildman–Crippen MR) is 101 cm³/mol. The van der Waals surface area contributed by atoms with Crippen LogP contribution in [0.3, 0.4) is 0 Å². The number of hydrogen-bond acceptors (Lipinski definition) is 5. The van der Waals surface area contributed by atoms with Crippen LogP contribution in [-0.2, 0) is 21.4 Å². The molecule has 0 unspecified atom stereocenters. The van der Waals surface area contributed by atoms with E-state index in [1.807, 2.05) is 20.8 Å². The molecule has 1 fully saturated rings. The zero-order chi connectivity index (χ0) is 19.8. The number of benzene rings is 1. The smallest absolute Gasteiger partial charge is 0.408 e. The third-order valence-electron chi connectivity index (χ3n) is 4.41. The summed E-state index contributed by atoms with van der Waals surface area (Å²) in [6, 6.07) is 4.33. The van der Waals surface area contributed by atoms with Crippen molar-refractivity contribution in [2.24, 2.45) is 0 Å². The summed E-state index contributed by atoms with van der Waals surface area (Å²) in [4.78, 5) is 24.4. The van der Waals surface area contributed by atoms with Crippen LogP contribution in [0.15, 0.2) is 32.3 Å². The van der Waals surface area contributed by atoms with Gasteiger partial charge in [0.25, 0.3) is 0 Å². The molecule has 2 heterocycles. The number of rotatable bonds is 4. The van der Waals surface area contributed by atoms with Crippen LogP contribution in [0.1, 0.15) is 40.0 Å². The highest BCUT2D eigenvalue weighted by Crippen LogP contribution is 2.24. The van der Waals surface area contributed by atoms with Gasteiger partial charge in [-0.25, -0.2) is 13.2 Å². The molecule has 0 atom stereocenters. The highest BCUT2D eigenvalue weighted by atomic mass is 32.2. The highest BCUT2D eigenvalue weighted by molar-refractivity contribution is 7.89. The van der Waals surface area contributed by atoms with Crippen LogP contribution in [0, 0.1) is 0 Å². The van der Waals surface area contributed by atoms with E-state index < -0.39 is 21.3 Å². The highest BCUT2D eigenvalue weighted by Gasteiger charge is 2.27. The number of piperidine rings is 1. The van der Waals surface area contributed by atoms with Gasteiger partial charge in [0.15, 0.2) is 5.58 Å². The van der Waals surface area contributed by atoms with Gasteiger partial charge < -0.3 is 9.73 Å². The molecular formula is C18H25N3O5S. The molecule has 27 heavy (non-hydrogen) atoms. The van der Waals surface area contributed by atoms with E-state index in [0.717, 1.165) is 19.3 Å². The van der Waals surface area contributed by atoms with Gasteiger partial charge in [0.05, 0.1) is 10.4 Å². The molecule has 1 N–H and O–H groups in total. The first-order valence-corrected chi connectivity index (χ1v) is 10.5. The summed E-state index contributed by atoms with van der Waals surface area (Å²) in [5, 5.41) is 2.79. The van der Waals surface area contributed by atoms with Gasteiger partial charge in [-0.05, 0) is 45.7 Å². The molecule has 1 aliphatic rings. The first kappa shape index (κ1) is 19.6. The van der Waals surface area contributed by atoms with Crippen LogP contribution in [0.2, 0.25) is 0 Å². The number of amides is 1. The molecule has 8 nitrogen and oxygen atoms in total. The number of aromatic nitrogens is 1. The zero-order valence-corrected chi connectivity index (χ0v) is 16.6. The minimum atomic E-state index is -3.62. The molecule has 1 saturated heterocycles. The van der Waals surface area contributed by atoms with Crippen molar-refractivity contribution in [3.8, 4) is 0 Å². The molecule has 1 aromatic carbocycles. The van der Waals surface area contributed by atoms with Crippen LogP contribution in [0.4, 0.5) is 0 Å². The SMILES string of the molecule is CC(C)(C)NC(=O)Cn1c(=O)oc2cc(S(=O)(=O)N3CCCCC3)ccc21. The summed E-state index contributed by atoms with van der Waals surface area (Å²) in [7, 11) is -3.62. The molecule has 1 aliphatic heterocycles. The number of nitrogens with zero attached hydrogens (tertiary/aromatic N) is 2. The topological polar surface area (TPSA) is 102 Å². The number of sulfonamides is 1. The fourth-order valence-electron chi connectivity index (χ4n) is 3.21. The van der Waals surface area contributed by atoms with Crippen molar-refractivity contribution in [2.45, 2.75) is 57.0 Å². The minimum Gasteiger partial charge on any atom is -0.408 e. The Bertz CT molecular complexity index is 1010. The van der Waals surface area contributed by atoms with Crippen molar-refractivity contribution in [3.63, 3.8) is 0 Å². The Morgan fingerprint density at radius 3 is 2.48 bits per heavy atom. The fourth-order valence-corrected chi connectivity index (χ4v) is 4.75. The summed E-state index contributed by atoms with van der Waals surface area (Å²) in [6.07, 6.45) is 2.71. The normalized spacial score (nSPS) is 16.6. The second kappa shape index (κ2) is 7.12. The average molecular weight is 395 g/mol. The van der Waals surface area contributed by atoms with Crippen molar-refractivity contribution < 1.29 is 17.6 Å². The van der Waals surface area contributed by atoms with E-state index in [4.69, 9.17) is 4.42 Å². The average Bonchev–Trinajstić information content (AvgIpc) is 2.89. The van der Waals surface area contributed by atoms with Gasteiger partial charge in [0.1, 0.15) is 6.54 Å². The molecule has 0 radical (unpaired) electrons. The van der Waals surface area contributed by atoms with Crippen LogP contribution in [-0.4, -0.2) is 41.8 Å². The van der Waals surface area contributed by atoms with E-state index in [0.29, 0.717) is 18.6 Å². The van der Waals surface area contributed by atoms with Crippen molar-refractivity contribution in [3.05, 3.63) is 28.7 Å². The molecule has 1 amide bonds. The lowest BCUT2D eigenvalue weighted by Crippen LogP contribution is -2.43. The van der Waals surface area contributed by atoms with Gasteiger partial charge in [0, 0.05) is 24.7 Å². The van der Waals surface area contributed by atoms with Gasteiger partial charge in [-0.2, -0.15) is 4.31 Å². The summed E-state index contributed by atoms with van der Waals surface area (Å²) >= 11 is 0. The van der Waals surface area contributed by atoms with Crippen molar-refractivity contribution in [1.29, 1.82) is 0 Å². The Kier molecular flexibility index (Phi) is 5.18. The monoisotopic (exact) mass is 395 g/mol. The second-order valence-corrected chi connectivity index (χ2v) is 9.78. The Morgan fingerprint density at radius 2 is 1.85 bits per heavy atom. The lowest BCUT2D eigenvalue weighted by Gasteiger charge is -2.25. The molecule has 0 spiro atoms. The lowest BCUT2D eigenvalue weighted by molar-refractivity contribution is -0.123. The van der Waals surface area contributed by atoms with Crippen LogP contribution in [0.5, 0.6) is 0 Å². The third-order valence-corrected chi connectivity index (χ3v) is 6.30. The van der Waals surface area contributed by atoms with E-state index in [1.54, 1.807) is 0 Å². The molecule has 148 valence electrons. The Balaban J connectivity index is 1.92. The summed E-state index contributed by atoms with van der Waals surface area (Å²) < 4.78 is 33.4. The van der Waals surface area contributed by atoms with Gasteiger partial charge >= 0.3 is 5.76 Å². The molecule has 0 saturated carbocycles. The molecule has 2 aromatic rings. The van der Waals surface area contributed by atoms with Gasteiger partial charge in [-0.15, -0.1) is 0 Å². The van der Waals surface area contributed by atoms with Crippen LogP contribution < -0.4 is 11.1 Å². The Hall–Kier alpha value is -2.13. The predicted octanol–water partition coefficient (Wildman–Crippen LogP) is 1.68. The number of carbonyl (C=O) groups excluding carboxylic acids is 1. The van der Waals surface area contributed by atoms with Gasteiger partial charge in [0.2, 0.25) is 15.9 Å². The summed E-state index contributed by atoms with van der Waals surface area (Å²) in [6.45, 7) is 6.34. The Labute approximate surface area is 158 Å². The molecule has 0 bridgehead atoms. The van der Waals surface area contributed by atoms with E-state index in [1.165, 1.54) is 27.1 Å². The quantitative estimate of drug-likeness (QED) is 0.849. The molecule has 0 aliphatic carbocycles. The van der Waals surface area contributed by atoms with Crippen LogP contribution >= 0.6 is 0 Å². The fraction of sp³-hybridized carbons (Fsp3) is 0.556. The lowest BCUT2D eigenvalue weighted by atomic mass is 10.1. The van der Waals surface area contributed by atoms with Crippen LogP contribution in [0.25, 0.3) is 11.1 Å². The van der Waals surface area contributed by atoms with E-state index >= 15 is 0 Å². The maximum Gasteiger partial charge on any atom is 0.420 e. The third kappa shape index (κ3) is 4.24. The second-order valence-electron chi connectivity index (χ2n) is 7.85. The molecular weight excluding hydrogens is 370 g/mol. The number of carbonyl (C=O) groups is 1. The number of fused-ring (bicyclic) bond motifs is 1. The largest absolute Gasteiger partial charge is 0.420 e. The first-order chi connectivity index (χ1) is 12.6. The van der Waals surface area contributed by atoms with E-state index in [2.05, 4.69) is 5.32 Å². The van der Waals surface area contributed by atoms with Crippen molar-refractivity contribution in [1.82, 2.24) is 14.2 Å². The van der Waals surface area contributed by atoms with Crippen molar-refractivity contribution >= 4 is 27.0 Å². The zero-order valence-electron chi connectivity index (χ0n) is 15.8. The first-order valence-electron chi connectivity index (χ1n) is 9.02. The maximum atomic E-state index is 12.8. The minimum absolute atomic E-state index is 0.0944. The maximum absolute atomic E-state index is 12.8. The van der Waals surface area contributed by atoms with Gasteiger partial charge in [-0.3, -0.25) is 9.36 Å². The standard InChI is InChI=1S/C18H25N3O5S/c1-18(2,3)19-16(22)12-21-14-8-7-13(11-15(14)26-17(21)23)27(24,25)20-9-5-4-6-10-20/h7-8,11H,4-6,9-10,12H2,1-3H3,(H,19,22). The summed E-state index contributed by atoms with van der Waals surface area (Å²) in [5.74, 6) is -1.01. The van der Waals surface area contributed by atoms with E-state index in [-0.39, 0.29) is 22.9 Å². The van der Waals surface area contributed by atoms with Gasteiger partial charge in [-0.1, -0.05) is 6.42 Å².